The van der Waals surface area contributed by atoms with E-state index in [-0.39, 0.29) is 41.7 Å². The summed E-state index contributed by atoms with van der Waals surface area (Å²) in [6.45, 7) is 5.65. The number of ether oxygens (including phenoxy) is 2. The van der Waals surface area contributed by atoms with Gasteiger partial charge in [0.05, 0.1) is 23.5 Å². The molecule has 4 rings (SSSR count). The maximum atomic E-state index is 12.5. The van der Waals surface area contributed by atoms with Gasteiger partial charge in [-0.25, -0.2) is 0 Å². The maximum absolute atomic E-state index is 12.5. The molecular weight excluding hydrogens is 260 g/mol. The fraction of sp³-hybridized carbons (Fsp3) is 0.867. The van der Waals surface area contributed by atoms with Gasteiger partial charge in [0.1, 0.15) is 17.5 Å². The summed E-state index contributed by atoms with van der Waals surface area (Å²) in [5, 5.41) is 10.9. The summed E-state index contributed by atoms with van der Waals surface area (Å²) in [7, 11) is 0. The van der Waals surface area contributed by atoms with E-state index in [1.807, 2.05) is 13.8 Å². The molecule has 2 aliphatic heterocycles. The molecule has 4 aliphatic rings. The minimum absolute atomic E-state index is 0.0607. The van der Waals surface area contributed by atoms with Crippen molar-refractivity contribution in [1.29, 1.82) is 0 Å². The average Bonchev–Trinajstić information content (AvgIpc) is 2.99. The van der Waals surface area contributed by atoms with Gasteiger partial charge in [0.2, 0.25) is 0 Å². The molecule has 20 heavy (non-hydrogen) atoms. The van der Waals surface area contributed by atoms with Crippen molar-refractivity contribution in [3.63, 3.8) is 0 Å². The Bertz CT molecular complexity index is 516. The first-order valence-electron chi connectivity index (χ1n) is 7.43. The Hall–Kier alpha value is -0.940. The van der Waals surface area contributed by atoms with Crippen LogP contribution in [0.4, 0.5) is 0 Å². The Kier molecular flexibility index (Phi) is 2.20. The summed E-state index contributed by atoms with van der Waals surface area (Å²) in [6, 6.07) is 0. The molecule has 1 spiro atoms. The highest BCUT2D eigenvalue weighted by molar-refractivity contribution is 5.92. The number of carbonyl (C=O) groups excluding carboxylic acids is 2. The Balaban J connectivity index is 1.84. The van der Waals surface area contributed by atoms with Crippen molar-refractivity contribution < 1.29 is 24.2 Å². The third-order valence-electron chi connectivity index (χ3n) is 6.44. The number of aliphatic hydroxyl groups is 1. The van der Waals surface area contributed by atoms with Gasteiger partial charge in [-0.2, -0.15) is 0 Å². The standard InChI is InChI=1S/C15H20O5/c1-6-4-8-11(7(2)13(18)19-8)12(17)14(3)9(16)5-10-15(6,14)20-10/h6-8,10-12,17H,4-5H2,1-3H3/t6-,7?,8-,10+,11-,12+,14+,15+/m1/s1. The van der Waals surface area contributed by atoms with Gasteiger partial charge >= 0.3 is 5.97 Å². The van der Waals surface area contributed by atoms with Gasteiger partial charge < -0.3 is 14.6 Å². The molecule has 0 aromatic rings. The lowest BCUT2D eigenvalue weighted by molar-refractivity contribution is -0.147. The number of fused-ring (bicyclic) bond motifs is 1. The van der Waals surface area contributed by atoms with Gasteiger partial charge in [-0.3, -0.25) is 9.59 Å². The normalized spacial score (nSPS) is 60.4. The zero-order chi connectivity index (χ0) is 14.4. The first kappa shape index (κ1) is 12.8. The highest BCUT2D eigenvalue weighted by atomic mass is 16.6. The molecule has 0 bridgehead atoms. The van der Waals surface area contributed by atoms with Gasteiger partial charge in [-0.15, -0.1) is 0 Å². The van der Waals surface area contributed by atoms with E-state index in [1.54, 1.807) is 6.92 Å². The van der Waals surface area contributed by atoms with Gasteiger partial charge in [0.25, 0.3) is 0 Å². The summed E-state index contributed by atoms with van der Waals surface area (Å²) >= 11 is 0. The Morgan fingerprint density at radius 3 is 2.70 bits per heavy atom. The number of aliphatic hydroxyl groups excluding tert-OH is 1. The van der Waals surface area contributed by atoms with Gasteiger partial charge in [-0.05, 0) is 19.3 Å². The van der Waals surface area contributed by atoms with Crippen LogP contribution in [0.15, 0.2) is 0 Å². The van der Waals surface area contributed by atoms with Crippen LogP contribution >= 0.6 is 0 Å². The second-order valence-electron chi connectivity index (χ2n) is 7.15. The second-order valence-corrected chi connectivity index (χ2v) is 7.15. The Morgan fingerprint density at radius 2 is 2.00 bits per heavy atom. The molecule has 0 aromatic heterocycles. The number of hydrogen-bond acceptors (Lipinski definition) is 5. The van der Waals surface area contributed by atoms with Crippen molar-refractivity contribution in [2.75, 3.05) is 0 Å². The van der Waals surface area contributed by atoms with Crippen LogP contribution in [-0.2, 0) is 19.1 Å². The summed E-state index contributed by atoms with van der Waals surface area (Å²) in [6.07, 6.45) is -0.180. The highest BCUT2D eigenvalue weighted by Gasteiger charge is 2.81. The molecule has 5 heteroatoms. The number of hydrogen-bond donors (Lipinski definition) is 1. The molecule has 0 radical (unpaired) electrons. The molecule has 2 saturated carbocycles. The summed E-state index contributed by atoms with van der Waals surface area (Å²) in [4.78, 5) is 24.3. The Labute approximate surface area is 117 Å². The molecule has 0 amide bonds. The summed E-state index contributed by atoms with van der Waals surface area (Å²) < 4.78 is 11.3. The second kappa shape index (κ2) is 3.45. The third-order valence-corrected chi connectivity index (χ3v) is 6.44. The van der Waals surface area contributed by atoms with E-state index in [0.717, 1.165) is 0 Å². The van der Waals surface area contributed by atoms with Gasteiger partial charge in [0, 0.05) is 12.3 Å². The zero-order valence-corrected chi connectivity index (χ0v) is 12.0. The minimum atomic E-state index is -0.904. The molecular formula is C15H20O5. The van der Waals surface area contributed by atoms with E-state index in [0.29, 0.717) is 12.8 Å². The summed E-state index contributed by atoms with van der Waals surface area (Å²) in [5.41, 5.74) is -1.45. The van der Waals surface area contributed by atoms with Gasteiger partial charge in [-0.1, -0.05) is 13.8 Å². The molecule has 1 unspecified atom stereocenters. The van der Waals surface area contributed by atoms with Crippen LogP contribution in [0.25, 0.3) is 0 Å². The van der Waals surface area contributed by atoms with Crippen molar-refractivity contribution >= 4 is 11.8 Å². The van der Waals surface area contributed by atoms with E-state index >= 15 is 0 Å². The lowest BCUT2D eigenvalue weighted by atomic mass is 9.66. The van der Waals surface area contributed by atoms with Crippen LogP contribution < -0.4 is 0 Å². The lowest BCUT2D eigenvalue weighted by Gasteiger charge is -2.38. The summed E-state index contributed by atoms with van der Waals surface area (Å²) in [5.74, 6) is -0.752. The van der Waals surface area contributed by atoms with E-state index in [9.17, 15) is 14.7 Å². The molecule has 8 atom stereocenters. The van der Waals surface area contributed by atoms with Crippen molar-refractivity contribution in [2.45, 2.75) is 57.5 Å². The average molecular weight is 280 g/mol. The quantitative estimate of drug-likeness (QED) is 0.521. The smallest absolute Gasteiger partial charge is 0.309 e. The van der Waals surface area contributed by atoms with Gasteiger partial charge in [0.15, 0.2) is 0 Å². The van der Waals surface area contributed by atoms with E-state index in [2.05, 4.69) is 0 Å². The molecule has 1 N–H and O–H groups in total. The van der Waals surface area contributed by atoms with Crippen LogP contribution in [0.2, 0.25) is 0 Å². The number of epoxide rings is 1. The minimum Gasteiger partial charge on any atom is -0.462 e. The molecule has 4 fully saturated rings. The monoisotopic (exact) mass is 280 g/mol. The van der Waals surface area contributed by atoms with Crippen LogP contribution in [0, 0.1) is 23.2 Å². The first-order chi connectivity index (χ1) is 9.34. The van der Waals surface area contributed by atoms with E-state index in [1.165, 1.54) is 0 Å². The number of rotatable bonds is 0. The number of Topliss-reactive ketones (excluding diaryl/α,β-unsaturated/α-hetero) is 1. The first-order valence-corrected chi connectivity index (χ1v) is 7.43. The molecule has 2 heterocycles. The number of carbonyl (C=O) groups is 2. The van der Waals surface area contributed by atoms with Crippen molar-refractivity contribution in [3.8, 4) is 0 Å². The topological polar surface area (TPSA) is 76.1 Å². The van der Waals surface area contributed by atoms with Crippen molar-refractivity contribution in [2.24, 2.45) is 23.2 Å². The molecule has 5 nitrogen and oxygen atoms in total. The highest BCUT2D eigenvalue weighted by Crippen LogP contribution is 2.68. The largest absolute Gasteiger partial charge is 0.462 e. The fourth-order valence-corrected chi connectivity index (χ4v) is 5.20. The van der Waals surface area contributed by atoms with Crippen LogP contribution in [-0.4, -0.2) is 40.8 Å². The molecule has 2 aliphatic carbocycles. The molecule has 2 saturated heterocycles. The van der Waals surface area contributed by atoms with Crippen molar-refractivity contribution in [3.05, 3.63) is 0 Å². The Morgan fingerprint density at radius 1 is 1.30 bits per heavy atom. The van der Waals surface area contributed by atoms with Crippen LogP contribution in [0.1, 0.15) is 33.6 Å². The van der Waals surface area contributed by atoms with Crippen LogP contribution in [0.3, 0.4) is 0 Å². The van der Waals surface area contributed by atoms with Crippen molar-refractivity contribution in [1.82, 2.24) is 0 Å². The van der Waals surface area contributed by atoms with E-state index < -0.39 is 17.1 Å². The zero-order valence-electron chi connectivity index (χ0n) is 12.0. The fourth-order valence-electron chi connectivity index (χ4n) is 5.20. The maximum Gasteiger partial charge on any atom is 0.309 e. The predicted octanol–water partition coefficient (Wildman–Crippen LogP) is 0.681. The van der Waals surface area contributed by atoms with Crippen LogP contribution in [0.5, 0.6) is 0 Å². The lowest BCUT2D eigenvalue weighted by Crippen LogP contribution is -2.53. The predicted molar refractivity (Wildman–Crippen MR) is 67.7 cm³/mol. The molecule has 110 valence electrons. The number of ketones is 1. The third kappa shape index (κ3) is 1.11. The SMILES string of the molecule is CC1C(=O)O[C@@H]2C[C@@H](C)[C@]34O[C@H]3CC(=O)[C@@]4(C)[C@@H](O)[C@H]12. The number of esters is 1. The molecule has 0 aromatic carbocycles. The van der Waals surface area contributed by atoms with E-state index in [4.69, 9.17) is 9.47 Å².